The van der Waals surface area contributed by atoms with Gasteiger partial charge >= 0.3 is 6.18 Å². The molecule has 0 N–H and O–H groups in total. The number of nitriles is 1. The van der Waals surface area contributed by atoms with Gasteiger partial charge in [0.25, 0.3) is 5.56 Å². The van der Waals surface area contributed by atoms with Gasteiger partial charge in [0, 0.05) is 0 Å². The van der Waals surface area contributed by atoms with Gasteiger partial charge in [0.15, 0.2) is 5.65 Å². The van der Waals surface area contributed by atoms with E-state index in [9.17, 15) is 23.2 Å². The van der Waals surface area contributed by atoms with Gasteiger partial charge in [0.1, 0.15) is 11.6 Å². The molecule has 0 bridgehead atoms. The Morgan fingerprint density at radius 3 is 2.33 bits per heavy atom. The topological polar surface area (TPSA) is 58.2 Å². The van der Waals surface area contributed by atoms with Gasteiger partial charge < -0.3 is 0 Å². The zero-order valence-corrected chi connectivity index (χ0v) is 13.7. The summed E-state index contributed by atoms with van der Waals surface area (Å²) in [6.07, 6.45) is -4.76. The minimum Gasteiger partial charge on any atom is -0.268 e. The lowest BCUT2D eigenvalue weighted by atomic mass is 10.0. The second-order valence-electron chi connectivity index (χ2n) is 5.89. The molecule has 0 saturated heterocycles. The summed E-state index contributed by atoms with van der Waals surface area (Å²) in [6, 6.07) is 17.0. The minimum absolute atomic E-state index is 0.0279. The van der Waals surface area contributed by atoms with Gasteiger partial charge in [0.2, 0.25) is 0 Å². The molecule has 2 aromatic carbocycles. The summed E-state index contributed by atoms with van der Waals surface area (Å²) in [7, 11) is 0. The third-order valence-corrected chi connectivity index (χ3v) is 4.28. The van der Waals surface area contributed by atoms with Crippen molar-refractivity contribution in [1.29, 1.82) is 5.26 Å². The largest absolute Gasteiger partial charge is 0.417 e. The van der Waals surface area contributed by atoms with E-state index in [1.165, 1.54) is 6.07 Å². The van der Waals surface area contributed by atoms with Crippen molar-refractivity contribution in [2.45, 2.75) is 6.18 Å². The Morgan fingerprint density at radius 1 is 1.00 bits per heavy atom. The second-order valence-corrected chi connectivity index (χ2v) is 5.89. The highest BCUT2D eigenvalue weighted by Crippen LogP contribution is 2.36. The molecule has 0 saturated carbocycles. The van der Waals surface area contributed by atoms with Crippen LogP contribution in [0.4, 0.5) is 13.2 Å². The van der Waals surface area contributed by atoms with Crippen LogP contribution in [0.1, 0.15) is 11.1 Å². The summed E-state index contributed by atoms with van der Waals surface area (Å²) in [5.41, 5.74) is -1.96. The number of rotatable bonds is 1. The van der Waals surface area contributed by atoms with E-state index in [1.54, 1.807) is 54.6 Å². The van der Waals surface area contributed by atoms with E-state index < -0.39 is 22.9 Å². The molecule has 0 unspecified atom stereocenters. The maximum atomic E-state index is 13.6. The first kappa shape index (κ1) is 16.8. The van der Waals surface area contributed by atoms with Gasteiger partial charge in [-0.25, -0.2) is 4.98 Å². The molecule has 0 radical (unpaired) electrons. The number of nitrogens with zero attached hydrogens (tertiary/aromatic N) is 3. The normalized spacial score (nSPS) is 11.6. The molecular formula is C20H10F3N3O. The van der Waals surface area contributed by atoms with Crippen LogP contribution in [-0.4, -0.2) is 9.38 Å². The number of alkyl halides is 3. The van der Waals surface area contributed by atoms with E-state index in [1.807, 2.05) is 0 Å². The maximum absolute atomic E-state index is 13.6. The Balaban J connectivity index is 2.30. The Morgan fingerprint density at radius 2 is 1.67 bits per heavy atom. The maximum Gasteiger partial charge on any atom is 0.417 e. The van der Waals surface area contributed by atoms with E-state index in [0.29, 0.717) is 5.56 Å². The molecule has 0 atom stereocenters. The Kier molecular flexibility index (Phi) is 3.70. The number of para-hydroxylation sites is 1. The standard InChI is InChI=1S/C20H10F3N3O/c21-20(22,23)15-10-17(12-6-2-1-3-7-12)26-18(14(15)11-24)25-16-9-5-4-8-13(16)19(26)27/h1-10H. The lowest BCUT2D eigenvalue weighted by Gasteiger charge is -2.16. The van der Waals surface area contributed by atoms with E-state index in [0.717, 1.165) is 10.5 Å². The van der Waals surface area contributed by atoms with Gasteiger partial charge in [-0.2, -0.15) is 18.4 Å². The molecular weight excluding hydrogens is 355 g/mol. The third-order valence-electron chi connectivity index (χ3n) is 4.28. The molecule has 4 aromatic rings. The summed E-state index contributed by atoms with van der Waals surface area (Å²) in [5.74, 6) is 0. The molecule has 4 rings (SSSR count). The molecule has 7 heteroatoms. The average Bonchev–Trinajstić information content (AvgIpc) is 2.67. The van der Waals surface area contributed by atoms with Gasteiger partial charge in [-0.3, -0.25) is 9.20 Å². The van der Waals surface area contributed by atoms with Crippen molar-refractivity contribution in [3.05, 3.63) is 82.1 Å². The summed E-state index contributed by atoms with van der Waals surface area (Å²) in [5, 5.41) is 9.66. The molecule has 2 heterocycles. The number of benzene rings is 2. The van der Waals surface area contributed by atoms with Crippen molar-refractivity contribution in [3.63, 3.8) is 0 Å². The van der Waals surface area contributed by atoms with Crippen molar-refractivity contribution >= 4 is 16.6 Å². The quantitative estimate of drug-likeness (QED) is 0.470. The predicted octanol–water partition coefficient (Wildman–Crippen LogP) is 4.41. The number of halogens is 3. The molecule has 132 valence electrons. The zero-order valence-electron chi connectivity index (χ0n) is 13.7. The molecule has 4 nitrogen and oxygen atoms in total. The first-order valence-corrected chi connectivity index (χ1v) is 7.93. The zero-order chi connectivity index (χ0) is 19.2. The predicted molar refractivity (Wildman–Crippen MR) is 94.1 cm³/mol. The first-order chi connectivity index (χ1) is 12.9. The number of hydrogen-bond donors (Lipinski definition) is 0. The van der Waals surface area contributed by atoms with Crippen molar-refractivity contribution in [2.24, 2.45) is 0 Å². The lowest BCUT2D eigenvalue weighted by molar-refractivity contribution is -0.137. The van der Waals surface area contributed by atoms with Gasteiger partial charge in [-0.1, -0.05) is 42.5 Å². The monoisotopic (exact) mass is 365 g/mol. The van der Waals surface area contributed by atoms with Crippen LogP contribution in [0.2, 0.25) is 0 Å². The van der Waals surface area contributed by atoms with Gasteiger partial charge in [0.05, 0.1) is 22.2 Å². The highest BCUT2D eigenvalue weighted by atomic mass is 19.4. The van der Waals surface area contributed by atoms with Crippen LogP contribution in [0, 0.1) is 11.3 Å². The van der Waals surface area contributed by atoms with Crippen molar-refractivity contribution in [3.8, 4) is 17.3 Å². The Hall–Kier alpha value is -3.66. The number of aromatic nitrogens is 2. The van der Waals surface area contributed by atoms with Crippen LogP contribution in [0.15, 0.2) is 65.5 Å². The van der Waals surface area contributed by atoms with Crippen molar-refractivity contribution in [2.75, 3.05) is 0 Å². The van der Waals surface area contributed by atoms with Crippen LogP contribution in [0.3, 0.4) is 0 Å². The number of fused-ring (bicyclic) bond motifs is 2. The smallest absolute Gasteiger partial charge is 0.268 e. The highest BCUT2D eigenvalue weighted by molar-refractivity contribution is 5.82. The molecule has 0 amide bonds. The molecule has 0 aliphatic heterocycles. The Labute approximate surface area is 150 Å². The SMILES string of the molecule is N#Cc1c(C(F)(F)F)cc(-c2ccccc2)n2c(=O)c3ccccc3nc12. The highest BCUT2D eigenvalue weighted by Gasteiger charge is 2.36. The molecule has 0 spiro atoms. The van der Waals surface area contributed by atoms with Gasteiger partial charge in [-0.05, 0) is 23.8 Å². The fourth-order valence-corrected chi connectivity index (χ4v) is 3.07. The average molecular weight is 365 g/mol. The van der Waals surface area contributed by atoms with Crippen LogP contribution < -0.4 is 5.56 Å². The molecule has 2 aromatic heterocycles. The summed E-state index contributed by atoms with van der Waals surface area (Å²) < 4.78 is 41.9. The van der Waals surface area contributed by atoms with E-state index in [-0.39, 0.29) is 22.2 Å². The van der Waals surface area contributed by atoms with Crippen molar-refractivity contribution < 1.29 is 13.2 Å². The van der Waals surface area contributed by atoms with Crippen LogP contribution in [-0.2, 0) is 6.18 Å². The van der Waals surface area contributed by atoms with Gasteiger partial charge in [-0.15, -0.1) is 0 Å². The molecule has 0 fully saturated rings. The Bertz CT molecular complexity index is 1290. The van der Waals surface area contributed by atoms with Crippen molar-refractivity contribution in [1.82, 2.24) is 9.38 Å². The second kappa shape index (κ2) is 5.95. The van der Waals surface area contributed by atoms with E-state index in [2.05, 4.69) is 4.98 Å². The third kappa shape index (κ3) is 2.62. The first-order valence-electron chi connectivity index (χ1n) is 7.93. The van der Waals surface area contributed by atoms with Crippen LogP contribution >= 0.6 is 0 Å². The summed E-state index contributed by atoms with van der Waals surface area (Å²) >= 11 is 0. The fourth-order valence-electron chi connectivity index (χ4n) is 3.07. The number of hydrogen-bond acceptors (Lipinski definition) is 3. The summed E-state index contributed by atoms with van der Waals surface area (Å²) in [6.45, 7) is 0. The number of pyridine rings is 1. The van der Waals surface area contributed by atoms with E-state index >= 15 is 0 Å². The molecule has 0 aliphatic carbocycles. The van der Waals surface area contributed by atoms with E-state index in [4.69, 9.17) is 0 Å². The van der Waals surface area contributed by atoms with Crippen LogP contribution in [0.5, 0.6) is 0 Å². The molecule has 0 aliphatic rings. The van der Waals surface area contributed by atoms with Crippen LogP contribution in [0.25, 0.3) is 27.8 Å². The molecule has 27 heavy (non-hydrogen) atoms. The lowest BCUT2D eigenvalue weighted by Crippen LogP contribution is -2.21. The fraction of sp³-hybridized carbons (Fsp3) is 0.0500. The minimum atomic E-state index is -4.76. The summed E-state index contributed by atoms with van der Waals surface area (Å²) in [4.78, 5) is 17.3.